The fourth-order valence-electron chi connectivity index (χ4n) is 2.27. The summed E-state index contributed by atoms with van der Waals surface area (Å²) >= 11 is 0. The number of benzene rings is 1. The van der Waals surface area contributed by atoms with Crippen molar-refractivity contribution < 1.29 is 14.3 Å². The van der Waals surface area contributed by atoms with E-state index >= 15 is 0 Å². The summed E-state index contributed by atoms with van der Waals surface area (Å²) in [5.74, 6) is 0.0797. The zero-order valence-corrected chi connectivity index (χ0v) is 11.7. The van der Waals surface area contributed by atoms with Crippen molar-refractivity contribution >= 4 is 16.9 Å². The Morgan fingerprint density at radius 3 is 2.68 bits per heavy atom. The van der Waals surface area contributed by atoms with Crippen LogP contribution < -0.4 is 0 Å². The van der Waals surface area contributed by atoms with Crippen molar-refractivity contribution in [3.63, 3.8) is 0 Å². The standard InChI is InChI=1S/C16H20O3/c1-4-5-6-14-15(16(17)18)12-9-11(10(2)3)7-8-13(12)19-14/h7-10H,4-6H2,1-3H3,(H,17,18). The molecule has 102 valence electrons. The van der Waals surface area contributed by atoms with Crippen LogP contribution in [0.2, 0.25) is 0 Å². The van der Waals surface area contributed by atoms with Crippen LogP contribution in [0.5, 0.6) is 0 Å². The summed E-state index contributed by atoms with van der Waals surface area (Å²) < 4.78 is 5.72. The maximum Gasteiger partial charge on any atom is 0.339 e. The van der Waals surface area contributed by atoms with Gasteiger partial charge < -0.3 is 9.52 Å². The smallest absolute Gasteiger partial charge is 0.339 e. The van der Waals surface area contributed by atoms with Crippen LogP contribution in [0.4, 0.5) is 0 Å². The number of carbonyl (C=O) groups is 1. The number of hydrogen-bond donors (Lipinski definition) is 1. The summed E-state index contributed by atoms with van der Waals surface area (Å²) in [6.45, 7) is 6.28. The van der Waals surface area contributed by atoms with Crippen LogP contribution in [0.15, 0.2) is 22.6 Å². The first-order chi connectivity index (χ1) is 9.04. The highest BCUT2D eigenvalue weighted by Gasteiger charge is 2.20. The van der Waals surface area contributed by atoms with Gasteiger partial charge in [-0.05, 0) is 30.0 Å². The van der Waals surface area contributed by atoms with Crippen LogP contribution in [0, 0.1) is 0 Å². The molecule has 0 saturated carbocycles. The highest BCUT2D eigenvalue weighted by Crippen LogP contribution is 2.30. The summed E-state index contributed by atoms with van der Waals surface area (Å²) in [6, 6.07) is 5.83. The lowest BCUT2D eigenvalue weighted by Gasteiger charge is -2.04. The molecule has 2 rings (SSSR count). The normalized spacial score (nSPS) is 11.4. The van der Waals surface area contributed by atoms with Gasteiger partial charge in [0.05, 0.1) is 0 Å². The minimum atomic E-state index is -0.897. The molecule has 1 aromatic carbocycles. The van der Waals surface area contributed by atoms with Gasteiger partial charge in [0.15, 0.2) is 0 Å². The summed E-state index contributed by atoms with van der Waals surface area (Å²) in [5.41, 5.74) is 2.15. The molecule has 1 heterocycles. The highest BCUT2D eigenvalue weighted by atomic mass is 16.4. The number of carboxylic acids is 1. The average Bonchev–Trinajstić information content (AvgIpc) is 2.73. The van der Waals surface area contributed by atoms with Crippen molar-refractivity contribution in [1.29, 1.82) is 0 Å². The van der Waals surface area contributed by atoms with Gasteiger partial charge in [-0.1, -0.05) is 33.3 Å². The Morgan fingerprint density at radius 1 is 1.37 bits per heavy atom. The second kappa shape index (κ2) is 5.47. The van der Waals surface area contributed by atoms with E-state index in [1.54, 1.807) is 0 Å². The van der Waals surface area contributed by atoms with Crippen molar-refractivity contribution in [2.45, 2.75) is 46.0 Å². The van der Waals surface area contributed by atoms with Gasteiger partial charge in [-0.3, -0.25) is 0 Å². The molecule has 0 radical (unpaired) electrons. The van der Waals surface area contributed by atoms with Crippen LogP contribution in [0.3, 0.4) is 0 Å². The molecule has 0 amide bonds. The lowest BCUT2D eigenvalue weighted by atomic mass is 9.99. The Morgan fingerprint density at radius 2 is 2.11 bits per heavy atom. The predicted molar refractivity (Wildman–Crippen MR) is 75.9 cm³/mol. The predicted octanol–water partition coefficient (Wildman–Crippen LogP) is 4.60. The van der Waals surface area contributed by atoms with E-state index in [9.17, 15) is 9.90 Å². The minimum Gasteiger partial charge on any atom is -0.478 e. The molecule has 0 atom stereocenters. The van der Waals surface area contributed by atoms with Gasteiger partial charge in [-0.15, -0.1) is 0 Å². The zero-order valence-electron chi connectivity index (χ0n) is 11.7. The Kier molecular flexibility index (Phi) is 3.93. The van der Waals surface area contributed by atoms with E-state index < -0.39 is 5.97 Å². The van der Waals surface area contributed by atoms with E-state index in [0.717, 1.165) is 23.8 Å². The molecule has 19 heavy (non-hydrogen) atoms. The molecular weight excluding hydrogens is 240 g/mol. The first kappa shape index (κ1) is 13.7. The molecule has 0 aliphatic carbocycles. The number of aryl methyl sites for hydroxylation is 1. The molecule has 0 bridgehead atoms. The molecule has 0 aliphatic rings. The molecule has 1 aromatic heterocycles. The van der Waals surface area contributed by atoms with Gasteiger partial charge in [0.2, 0.25) is 0 Å². The van der Waals surface area contributed by atoms with Crippen molar-refractivity contribution in [2.75, 3.05) is 0 Å². The Labute approximate surface area is 113 Å². The third kappa shape index (κ3) is 2.65. The van der Waals surface area contributed by atoms with Crippen molar-refractivity contribution in [3.8, 4) is 0 Å². The van der Waals surface area contributed by atoms with E-state index in [1.165, 1.54) is 0 Å². The lowest BCUT2D eigenvalue weighted by Crippen LogP contribution is -2.00. The van der Waals surface area contributed by atoms with Crippen LogP contribution in [-0.4, -0.2) is 11.1 Å². The fraction of sp³-hybridized carbons (Fsp3) is 0.438. The lowest BCUT2D eigenvalue weighted by molar-refractivity contribution is 0.0696. The van der Waals surface area contributed by atoms with Crippen LogP contribution in [-0.2, 0) is 6.42 Å². The Bertz CT molecular complexity index is 593. The monoisotopic (exact) mass is 260 g/mol. The van der Waals surface area contributed by atoms with E-state index in [2.05, 4.69) is 20.8 Å². The maximum atomic E-state index is 11.5. The summed E-state index contributed by atoms with van der Waals surface area (Å²) in [5, 5.41) is 10.1. The SMILES string of the molecule is CCCCc1oc2ccc(C(C)C)cc2c1C(=O)O. The number of unbranched alkanes of at least 4 members (excludes halogenated alkanes) is 1. The van der Waals surface area contributed by atoms with Crippen LogP contribution in [0.25, 0.3) is 11.0 Å². The first-order valence-corrected chi connectivity index (χ1v) is 6.83. The number of hydrogen-bond acceptors (Lipinski definition) is 2. The second-order valence-electron chi connectivity index (χ2n) is 5.22. The van der Waals surface area contributed by atoms with Gasteiger partial charge in [-0.25, -0.2) is 4.79 Å². The van der Waals surface area contributed by atoms with Crippen LogP contribution in [0.1, 0.15) is 61.2 Å². The van der Waals surface area contributed by atoms with E-state index in [0.29, 0.717) is 29.2 Å². The number of aromatic carboxylic acids is 1. The van der Waals surface area contributed by atoms with E-state index in [4.69, 9.17) is 4.42 Å². The second-order valence-corrected chi connectivity index (χ2v) is 5.22. The Balaban J connectivity index is 2.58. The highest BCUT2D eigenvalue weighted by molar-refractivity contribution is 6.03. The summed E-state index contributed by atoms with van der Waals surface area (Å²) in [6.07, 6.45) is 2.65. The molecule has 3 heteroatoms. The summed E-state index contributed by atoms with van der Waals surface area (Å²) in [7, 11) is 0. The molecule has 0 aliphatic heterocycles. The Hall–Kier alpha value is -1.77. The number of furan rings is 1. The van der Waals surface area contributed by atoms with Crippen molar-refractivity contribution in [3.05, 3.63) is 35.1 Å². The topological polar surface area (TPSA) is 50.4 Å². The van der Waals surface area contributed by atoms with Gasteiger partial charge >= 0.3 is 5.97 Å². The molecule has 2 aromatic rings. The van der Waals surface area contributed by atoms with Gasteiger partial charge in [0, 0.05) is 11.8 Å². The maximum absolute atomic E-state index is 11.5. The summed E-state index contributed by atoms with van der Waals surface area (Å²) in [4.78, 5) is 11.5. The third-order valence-electron chi connectivity index (χ3n) is 3.42. The molecule has 0 spiro atoms. The fourth-order valence-corrected chi connectivity index (χ4v) is 2.27. The molecule has 0 saturated heterocycles. The number of rotatable bonds is 5. The molecule has 0 fully saturated rings. The first-order valence-electron chi connectivity index (χ1n) is 6.83. The van der Waals surface area contributed by atoms with Gasteiger partial charge in [0.1, 0.15) is 16.9 Å². The number of fused-ring (bicyclic) bond motifs is 1. The number of carboxylic acid groups (broad SMARTS) is 1. The largest absolute Gasteiger partial charge is 0.478 e. The van der Waals surface area contributed by atoms with Crippen molar-refractivity contribution in [1.82, 2.24) is 0 Å². The molecule has 0 unspecified atom stereocenters. The van der Waals surface area contributed by atoms with E-state index in [1.807, 2.05) is 18.2 Å². The quantitative estimate of drug-likeness (QED) is 0.854. The molecule has 3 nitrogen and oxygen atoms in total. The molecule has 1 N–H and O–H groups in total. The van der Waals surface area contributed by atoms with Crippen LogP contribution >= 0.6 is 0 Å². The third-order valence-corrected chi connectivity index (χ3v) is 3.42. The van der Waals surface area contributed by atoms with Crippen molar-refractivity contribution in [2.24, 2.45) is 0 Å². The minimum absolute atomic E-state index is 0.339. The molecular formula is C16H20O3. The van der Waals surface area contributed by atoms with Gasteiger partial charge in [0.25, 0.3) is 0 Å². The average molecular weight is 260 g/mol. The zero-order chi connectivity index (χ0) is 14.0. The van der Waals surface area contributed by atoms with E-state index in [-0.39, 0.29) is 0 Å². The van der Waals surface area contributed by atoms with Gasteiger partial charge in [-0.2, -0.15) is 0 Å².